The first-order valence-corrected chi connectivity index (χ1v) is 9.82. The summed E-state index contributed by atoms with van der Waals surface area (Å²) in [5.74, 6) is 0.566. The minimum atomic E-state index is -3.75. The number of nitrogens with one attached hydrogen (secondary N) is 2. The second kappa shape index (κ2) is 6.40. The molecule has 1 aliphatic carbocycles. The Balaban J connectivity index is 1.65. The van der Waals surface area contributed by atoms with Crippen molar-refractivity contribution >= 4 is 26.7 Å². The Morgan fingerprint density at radius 1 is 1.12 bits per heavy atom. The molecule has 2 aromatic heterocycles. The maximum Gasteiger partial charge on any atom is 0.264 e. The van der Waals surface area contributed by atoms with Gasteiger partial charge in [0.2, 0.25) is 0 Å². The van der Waals surface area contributed by atoms with Gasteiger partial charge in [0, 0.05) is 17.8 Å². The molecule has 7 heteroatoms. The van der Waals surface area contributed by atoms with Crippen molar-refractivity contribution in [3.8, 4) is 5.75 Å². The SMILES string of the molecule is O=S(=O)(Nc1ccccc1OC1CCCC1)c1c[nH]c2ncccc12. The number of hydrogen-bond acceptors (Lipinski definition) is 4. The summed E-state index contributed by atoms with van der Waals surface area (Å²) in [7, 11) is -3.75. The van der Waals surface area contributed by atoms with Gasteiger partial charge in [0.05, 0.1) is 11.8 Å². The molecule has 1 aromatic carbocycles. The fourth-order valence-corrected chi connectivity index (χ4v) is 4.43. The Bertz CT molecular complexity index is 991. The molecule has 3 aromatic rings. The Labute approximate surface area is 146 Å². The minimum absolute atomic E-state index is 0.156. The molecule has 0 bridgehead atoms. The summed E-state index contributed by atoms with van der Waals surface area (Å²) < 4.78 is 34.4. The average molecular weight is 357 g/mol. The van der Waals surface area contributed by atoms with Gasteiger partial charge in [-0.2, -0.15) is 0 Å². The standard InChI is InChI=1S/C18H19N3O3S/c22-25(23,17-12-20-18-14(17)8-5-11-19-18)21-15-9-3-4-10-16(15)24-13-6-1-2-7-13/h3-5,8-13,21H,1-2,6-7H2,(H,19,20). The predicted molar refractivity (Wildman–Crippen MR) is 96.2 cm³/mol. The van der Waals surface area contributed by atoms with Crippen LogP contribution in [0.5, 0.6) is 5.75 Å². The maximum absolute atomic E-state index is 12.9. The zero-order valence-corrected chi connectivity index (χ0v) is 14.4. The number of nitrogens with zero attached hydrogens (tertiary/aromatic N) is 1. The molecule has 0 unspecified atom stereocenters. The zero-order valence-electron chi connectivity index (χ0n) is 13.6. The van der Waals surface area contributed by atoms with Crippen molar-refractivity contribution in [2.75, 3.05) is 4.72 Å². The van der Waals surface area contributed by atoms with Gasteiger partial charge in [-0.15, -0.1) is 0 Å². The van der Waals surface area contributed by atoms with E-state index >= 15 is 0 Å². The molecule has 4 rings (SSSR count). The fourth-order valence-electron chi connectivity index (χ4n) is 3.19. The van der Waals surface area contributed by atoms with Crippen LogP contribution >= 0.6 is 0 Å². The molecule has 0 spiro atoms. The van der Waals surface area contributed by atoms with E-state index in [1.54, 1.807) is 36.5 Å². The number of rotatable bonds is 5. The minimum Gasteiger partial charge on any atom is -0.488 e. The number of para-hydroxylation sites is 2. The molecule has 0 radical (unpaired) electrons. The number of hydrogen-bond donors (Lipinski definition) is 2. The Morgan fingerprint density at radius 2 is 1.92 bits per heavy atom. The molecule has 1 aliphatic rings. The second-order valence-electron chi connectivity index (χ2n) is 6.18. The van der Waals surface area contributed by atoms with E-state index in [0.29, 0.717) is 22.5 Å². The van der Waals surface area contributed by atoms with Crippen LogP contribution in [0.25, 0.3) is 11.0 Å². The highest BCUT2D eigenvalue weighted by Crippen LogP contribution is 2.32. The molecular formula is C18H19N3O3S. The van der Waals surface area contributed by atoms with E-state index < -0.39 is 10.0 Å². The quantitative estimate of drug-likeness (QED) is 0.729. The highest BCUT2D eigenvalue weighted by atomic mass is 32.2. The average Bonchev–Trinajstić information content (AvgIpc) is 3.26. The van der Waals surface area contributed by atoms with Crippen molar-refractivity contribution in [2.45, 2.75) is 36.7 Å². The summed E-state index contributed by atoms with van der Waals surface area (Å²) in [6.07, 6.45) is 7.56. The Morgan fingerprint density at radius 3 is 2.76 bits per heavy atom. The highest BCUT2D eigenvalue weighted by molar-refractivity contribution is 7.93. The van der Waals surface area contributed by atoms with Crippen LogP contribution in [0.1, 0.15) is 25.7 Å². The van der Waals surface area contributed by atoms with Gasteiger partial charge in [-0.05, 0) is 49.9 Å². The lowest BCUT2D eigenvalue weighted by molar-refractivity contribution is 0.211. The number of aromatic amines is 1. The second-order valence-corrected chi connectivity index (χ2v) is 7.83. The van der Waals surface area contributed by atoms with Crippen LogP contribution in [0, 0.1) is 0 Å². The molecule has 25 heavy (non-hydrogen) atoms. The topological polar surface area (TPSA) is 84.1 Å². The van der Waals surface area contributed by atoms with Gasteiger partial charge in [-0.3, -0.25) is 4.72 Å². The van der Waals surface area contributed by atoms with Gasteiger partial charge in [-0.1, -0.05) is 12.1 Å². The number of fused-ring (bicyclic) bond motifs is 1. The molecule has 6 nitrogen and oxygen atoms in total. The zero-order chi connectivity index (χ0) is 17.3. The number of aromatic nitrogens is 2. The molecular weight excluding hydrogens is 338 g/mol. The monoisotopic (exact) mass is 357 g/mol. The maximum atomic E-state index is 12.9. The lowest BCUT2D eigenvalue weighted by Gasteiger charge is -2.17. The van der Waals surface area contributed by atoms with Crippen LogP contribution in [0.4, 0.5) is 5.69 Å². The smallest absolute Gasteiger partial charge is 0.264 e. The lowest BCUT2D eigenvalue weighted by atomic mass is 10.2. The Kier molecular flexibility index (Phi) is 4.09. The number of benzene rings is 1. The third-order valence-electron chi connectivity index (χ3n) is 4.43. The van der Waals surface area contributed by atoms with Crippen molar-refractivity contribution in [1.29, 1.82) is 0 Å². The van der Waals surface area contributed by atoms with Crippen molar-refractivity contribution in [1.82, 2.24) is 9.97 Å². The Hall–Kier alpha value is -2.54. The van der Waals surface area contributed by atoms with Gasteiger partial charge in [0.1, 0.15) is 16.3 Å². The molecule has 2 heterocycles. The summed E-state index contributed by atoms with van der Waals surface area (Å²) in [5.41, 5.74) is 0.992. The molecule has 130 valence electrons. The molecule has 1 saturated carbocycles. The molecule has 0 atom stereocenters. The third kappa shape index (κ3) is 3.19. The molecule has 0 aliphatic heterocycles. The van der Waals surface area contributed by atoms with E-state index in [2.05, 4.69) is 14.7 Å². The van der Waals surface area contributed by atoms with Crippen molar-refractivity contribution < 1.29 is 13.2 Å². The van der Waals surface area contributed by atoms with E-state index in [0.717, 1.165) is 25.7 Å². The van der Waals surface area contributed by atoms with Crippen molar-refractivity contribution in [3.05, 3.63) is 48.8 Å². The summed E-state index contributed by atoms with van der Waals surface area (Å²) in [6, 6.07) is 10.6. The number of pyridine rings is 1. The molecule has 0 saturated heterocycles. The van der Waals surface area contributed by atoms with Crippen LogP contribution in [0.15, 0.2) is 53.7 Å². The van der Waals surface area contributed by atoms with Crippen molar-refractivity contribution in [3.63, 3.8) is 0 Å². The largest absolute Gasteiger partial charge is 0.488 e. The fraction of sp³-hybridized carbons (Fsp3) is 0.278. The normalized spacial score (nSPS) is 15.5. The van der Waals surface area contributed by atoms with Crippen LogP contribution < -0.4 is 9.46 Å². The first-order valence-electron chi connectivity index (χ1n) is 8.34. The van der Waals surface area contributed by atoms with E-state index in [4.69, 9.17) is 4.74 Å². The number of anilines is 1. The van der Waals surface area contributed by atoms with E-state index in [9.17, 15) is 8.42 Å². The first-order chi connectivity index (χ1) is 12.1. The number of H-pyrrole nitrogens is 1. The van der Waals surface area contributed by atoms with E-state index in [-0.39, 0.29) is 11.0 Å². The first kappa shape index (κ1) is 16.0. The molecule has 2 N–H and O–H groups in total. The lowest BCUT2D eigenvalue weighted by Crippen LogP contribution is -2.16. The van der Waals surface area contributed by atoms with Gasteiger partial charge in [0.25, 0.3) is 10.0 Å². The molecule has 1 fully saturated rings. The van der Waals surface area contributed by atoms with Gasteiger partial charge >= 0.3 is 0 Å². The van der Waals surface area contributed by atoms with Gasteiger partial charge in [0.15, 0.2) is 0 Å². The van der Waals surface area contributed by atoms with Crippen LogP contribution in [0.2, 0.25) is 0 Å². The van der Waals surface area contributed by atoms with Crippen LogP contribution in [0.3, 0.4) is 0 Å². The van der Waals surface area contributed by atoms with E-state index in [1.807, 2.05) is 6.07 Å². The number of sulfonamides is 1. The number of ether oxygens (including phenoxy) is 1. The summed E-state index contributed by atoms with van der Waals surface area (Å²) in [6.45, 7) is 0. The van der Waals surface area contributed by atoms with Gasteiger partial charge < -0.3 is 9.72 Å². The summed E-state index contributed by atoms with van der Waals surface area (Å²) >= 11 is 0. The van der Waals surface area contributed by atoms with Crippen LogP contribution in [-0.4, -0.2) is 24.5 Å². The van der Waals surface area contributed by atoms with Gasteiger partial charge in [-0.25, -0.2) is 13.4 Å². The highest BCUT2D eigenvalue weighted by Gasteiger charge is 2.22. The third-order valence-corrected chi connectivity index (χ3v) is 5.84. The predicted octanol–water partition coefficient (Wildman–Crippen LogP) is 3.69. The summed E-state index contributed by atoms with van der Waals surface area (Å²) in [5, 5.41) is 0.559. The van der Waals surface area contributed by atoms with Crippen LogP contribution in [-0.2, 0) is 10.0 Å². The summed E-state index contributed by atoms with van der Waals surface area (Å²) in [4.78, 5) is 7.20. The van der Waals surface area contributed by atoms with E-state index in [1.165, 1.54) is 6.20 Å². The van der Waals surface area contributed by atoms with Crippen molar-refractivity contribution in [2.24, 2.45) is 0 Å². The molecule has 0 amide bonds.